The minimum absolute atomic E-state index is 0.0431. The van der Waals surface area contributed by atoms with E-state index in [4.69, 9.17) is 5.11 Å². The Labute approximate surface area is 127 Å². The standard InChI is InChI=1S/C14H18N2O2S2/c1-10(19-2)7-8-16-12-6-4-3-5-11(12)15-14(16)20-9-13(17)18/h3-6,10H,7-9H2,1-2H3,(H,17,18). The maximum atomic E-state index is 10.8. The van der Waals surface area contributed by atoms with Crippen molar-refractivity contribution in [2.75, 3.05) is 12.0 Å². The summed E-state index contributed by atoms with van der Waals surface area (Å²) in [4.78, 5) is 15.3. The number of hydrogen-bond acceptors (Lipinski definition) is 4. The van der Waals surface area contributed by atoms with Crippen LogP contribution in [0.2, 0.25) is 0 Å². The molecule has 108 valence electrons. The fourth-order valence-corrected chi connectivity index (χ4v) is 3.04. The van der Waals surface area contributed by atoms with Crippen molar-refractivity contribution in [1.29, 1.82) is 0 Å². The van der Waals surface area contributed by atoms with Gasteiger partial charge in [-0.3, -0.25) is 4.79 Å². The fraction of sp³-hybridized carbons (Fsp3) is 0.429. The molecule has 1 N–H and O–H groups in total. The average Bonchev–Trinajstić information content (AvgIpc) is 2.80. The van der Waals surface area contributed by atoms with Crippen molar-refractivity contribution < 1.29 is 9.90 Å². The highest BCUT2D eigenvalue weighted by Gasteiger charge is 2.13. The van der Waals surface area contributed by atoms with Gasteiger partial charge in [0.05, 0.1) is 16.8 Å². The zero-order chi connectivity index (χ0) is 14.5. The van der Waals surface area contributed by atoms with Gasteiger partial charge in [-0.15, -0.1) is 0 Å². The highest BCUT2D eigenvalue weighted by atomic mass is 32.2. The molecule has 20 heavy (non-hydrogen) atoms. The number of imidazole rings is 1. The van der Waals surface area contributed by atoms with E-state index in [-0.39, 0.29) is 5.75 Å². The van der Waals surface area contributed by atoms with Crippen molar-refractivity contribution in [3.8, 4) is 0 Å². The number of aliphatic carboxylic acids is 1. The predicted molar refractivity (Wildman–Crippen MR) is 85.7 cm³/mol. The second-order valence-corrected chi connectivity index (χ2v) is 6.77. The third-order valence-corrected chi connectivity index (χ3v) is 5.11. The van der Waals surface area contributed by atoms with Gasteiger partial charge in [0, 0.05) is 11.8 Å². The van der Waals surface area contributed by atoms with Crippen LogP contribution in [-0.2, 0) is 11.3 Å². The normalized spacial score (nSPS) is 12.7. The minimum Gasteiger partial charge on any atom is -0.481 e. The van der Waals surface area contributed by atoms with Gasteiger partial charge in [0.2, 0.25) is 0 Å². The van der Waals surface area contributed by atoms with Gasteiger partial charge in [0.1, 0.15) is 0 Å². The van der Waals surface area contributed by atoms with Crippen LogP contribution in [0.25, 0.3) is 11.0 Å². The van der Waals surface area contributed by atoms with Gasteiger partial charge in [0.25, 0.3) is 0 Å². The van der Waals surface area contributed by atoms with E-state index in [2.05, 4.69) is 22.7 Å². The number of carbonyl (C=O) groups is 1. The Hall–Kier alpha value is -1.14. The quantitative estimate of drug-likeness (QED) is 0.795. The summed E-state index contributed by atoms with van der Waals surface area (Å²) in [6.07, 6.45) is 3.15. The number of thioether (sulfide) groups is 2. The van der Waals surface area contributed by atoms with Gasteiger partial charge in [-0.05, 0) is 24.8 Å². The third-order valence-electron chi connectivity index (χ3n) is 3.11. The van der Waals surface area contributed by atoms with Gasteiger partial charge in [-0.1, -0.05) is 30.8 Å². The van der Waals surface area contributed by atoms with Gasteiger partial charge in [0.15, 0.2) is 5.16 Å². The molecule has 1 aromatic heterocycles. The predicted octanol–water partition coefficient (Wildman–Crippen LogP) is 3.35. The van der Waals surface area contributed by atoms with Crippen molar-refractivity contribution >= 4 is 40.5 Å². The molecule has 4 nitrogen and oxygen atoms in total. The average molecular weight is 310 g/mol. The second-order valence-electron chi connectivity index (χ2n) is 4.55. The fourth-order valence-electron chi connectivity index (χ4n) is 1.93. The molecule has 1 heterocycles. The van der Waals surface area contributed by atoms with Gasteiger partial charge < -0.3 is 9.67 Å². The van der Waals surface area contributed by atoms with Crippen LogP contribution in [0, 0.1) is 0 Å². The molecule has 1 atom stereocenters. The molecule has 1 unspecified atom stereocenters. The highest BCUT2D eigenvalue weighted by molar-refractivity contribution is 7.99. The van der Waals surface area contributed by atoms with Crippen LogP contribution in [-0.4, -0.2) is 37.9 Å². The first-order chi connectivity index (χ1) is 9.61. The Kier molecular flexibility index (Phi) is 5.37. The number of benzene rings is 1. The summed E-state index contributed by atoms with van der Waals surface area (Å²) in [6.45, 7) is 3.07. The molecule has 0 amide bonds. The van der Waals surface area contributed by atoms with Crippen molar-refractivity contribution in [3.05, 3.63) is 24.3 Å². The van der Waals surface area contributed by atoms with Crippen LogP contribution in [0.4, 0.5) is 0 Å². The summed E-state index contributed by atoms with van der Waals surface area (Å²) < 4.78 is 2.13. The Morgan fingerprint density at radius 3 is 2.90 bits per heavy atom. The number of fused-ring (bicyclic) bond motifs is 1. The number of rotatable bonds is 7. The number of hydrogen-bond donors (Lipinski definition) is 1. The Balaban J connectivity index is 2.26. The Bertz CT molecular complexity index is 598. The molecule has 2 rings (SSSR count). The number of aryl methyl sites for hydroxylation is 1. The molecule has 0 aliphatic carbocycles. The largest absolute Gasteiger partial charge is 0.481 e. The van der Waals surface area contributed by atoms with E-state index < -0.39 is 5.97 Å². The first-order valence-corrected chi connectivity index (χ1v) is 8.72. The van der Waals surface area contributed by atoms with E-state index >= 15 is 0 Å². The molecule has 0 spiro atoms. The van der Waals surface area contributed by atoms with Crippen molar-refractivity contribution in [1.82, 2.24) is 9.55 Å². The molecule has 6 heteroatoms. The molecule has 0 aliphatic rings. The second kappa shape index (κ2) is 7.04. The van der Waals surface area contributed by atoms with Crippen LogP contribution in [0.5, 0.6) is 0 Å². The van der Waals surface area contributed by atoms with Gasteiger partial charge >= 0.3 is 5.97 Å². The van der Waals surface area contributed by atoms with E-state index in [1.54, 1.807) is 0 Å². The minimum atomic E-state index is -0.814. The Morgan fingerprint density at radius 1 is 1.45 bits per heavy atom. The van der Waals surface area contributed by atoms with Crippen LogP contribution in [0.1, 0.15) is 13.3 Å². The van der Waals surface area contributed by atoms with Crippen molar-refractivity contribution in [2.24, 2.45) is 0 Å². The van der Waals surface area contributed by atoms with E-state index in [0.29, 0.717) is 5.25 Å². The van der Waals surface area contributed by atoms with Crippen LogP contribution < -0.4 is 0 Å². The molecular weight excluding hydrogens is 292 g/mol. The molecule has 2 aromatic rings. The lowest BCUT2D eigenvalue weighted by Gasteiger charge is -2.11. The van der Waals surface area contributed by atoms with E-state index in [0.717, 1.165) is 29.2 Å². The van der Waals surface area contributed by atoms with Crippen LogP contribution >= 0.6 is 23.5 Å². The van der Waals surface area contributed by atoms with E-state index in [1.807, 2.05) is 36.0 Å². The number of nitrogens with zero attached hydrogens (tertiary/aromatic N) is 2. The molecule has 0 fully saturated rings. The maximum Gasteiger partial charge on any atom is 0.313 e. The van der Waals surface area contributed by atoms with Crippen LogP contribution in [0.15, 0.2) is 29.4 Å². The van der Waals surface area contributed by atoms with Gasteiger partial charge in [-0.25, -0.2) is 4.98 Å². The molecule has 0 saturated heterocycles. The first kappa shape index (κ1) is 15.3. The lowest BCUT2D eigenvalue weighted by molar-refractivity contribution is -0.133. The van der Waals surface area contributed by atoms with Gasteiger partial charge in [-0.2, -0.15) is 11.8 Å². The first-order valence-electron chi connectivity index (χ1n) is 6.44. The molecule has 0 bridgehead atoms. The summed E-state index contributed by atoms with van der Waals surface area (Å²) in [5.41, 5.74) is 2.01. The lowest BCUT2D eigenvalue weighted by atomic mass is 10.3. The van der Waals surface area contributed by atoms with E-state index in [1.165, 1.54) is 11.8 Å². The Morgan fingerprint density at radius 2 is 2.20 bits per heavy atom. The zero-order valence-electron chi connectivity index (χ0n) is 11.6. The zero-order valence-corrected chi connectivity index (χ0v) is 13.2. The van der Waals surface area contributed by atoms with Crippen molar-refractivity contribution in [2.45, 2.75) is 30.3 Å². The lowest BCUT2D eigenvalue weighted by Crippen LogP contribution is -2.07. The topological polar surface area (TPSA) is 55.1 Å². The number of aromatic nitrogens is 2. The summed E-state index contributed by atoms with van der Waals surface area (Å²) in [7, 11) is 0. The molecular formula is C14H18N2O2S2. The summed E-state index contributed by atoms with van der Waals surface area (Å²) >= 11 is 3.13. The number of para-hydroxylation sites is 2. The summed E-state index contributed by atoms with van der Waals surface area (Å²) in [6, 6.07) is 7.95. The molecule has 0 saturated carbocycles. The smallest absolute Gasteiger partial charge is 0.313 e. The molecule has 0 radical (unpaired) electrons. The molecule has 0 aliphatic heterocycles. The third kappa shape index (κ3) is 3.70. The SMILES string of the molecule is CSC(C)CCn1c(SCC(=O)O)nc2ccccc21. The number of carboxylic acids is 1. The summed E-state index contributed by atoms with van der Waals surface area (Å²) in [5.74, 6) is -0.771. The van der Waals surface area contributed by atoms with Crippen LogP contribution in [0.3, 0.4) is 0 Å². The summed E-state index contributed by atoms with van der Waals surface area (Å²) in [5, 5.41) is 10.2. The highest BCUT2D eigenvalue weighted by Crippen LogP contribution is 2.25. The number of carboxylic acid groups (broad SMARTS) is 1. The maximum absolute atomic E-state index is 10.8. The van der Waals surface area contributed by atoms with Crippen molar-refractivity contribution in [3.63, 3.8) is 0 Å². The monoisotopic (exact) mass is 310 g/mol. The van der Waals surface area contributed by atoms with E-state index in [9.17, 15) is 4.79 Å². The molecule has 1 aromatic carbocycles.